The largest absolute Gasteiger partial charge is 0.330 e. The minimum Gasteiger partial charge on any atom is -0.330 e. The molecule has 1 aromatic carbocycles. The van der Waals surface area contributed by atoms with Crippen LogP contribution < -0.4 is 5.73 Å². The van der Waals surface area contributed by atoms with E-state index in [1.54, 1.807) is 12.1 Å². The van der Waals surface area contributed by atoms with Gasteiger partial charge < -0.3 is 5.73 Å². The zero-order chi connectivity index (χ0) is 13.9. The lowest BCUT2D eigenvalue weighted by molar-refractivity contribution is 0.456. The van der Waals surface area contributed by atoms with E-state index in [-0.39, 0.29) is 11.2 Å². The van der Waals surface area contributed by atoms with Crippen LogP contribution in [0, 0.1) is 12.8 Å². The Balaban J connectivity index is 2.36. The molecule has 0 aliphatic heterocycles. The molecule has 0 radical (unpaired) electrons. The number of sulfone groups is 1. The van der Waals surface area contributed by atoms with Crippen LogP contribution in [0.2, 0.25) is 0 Å². The van der Waals surface area contributed by atoms with Gasteiger partial charge in [0.15, 0.2) is 9.84 Å². The Morgan fingerprint density at radius 1 is 1.21 bits per heavy atom. The van der Waals surface area contributed by atoms with E-state index in [1.165, 1.54) is 0 Å². The monoisotopic (exact) mass is 281 g/mol. The van der Waals surface area contributed by atoms with E-state index < -0.39 is 9.84 Å². The summed E-state index contributed by atoms with van der Waals surface area (Å²) in [7, 11) is -3.25. The van der Waals surface area contributed by atoms with Crippen molar-refractivity contribution in [3.63, 3.8) is 0 Å². The number of hydrogen-bond donors (Lipinski definition) is 1. The average Bonchev–Trinajstić information content (AvgIpc) is 2.64. The van der Waals surface area contributed by atoms with Crippen LogP contribution in [0.5, 0.6) is 0 Å². The van der Waals surface area contributed by atoms with Crippen molar-refractivity contribution in [2.24, 2.45) is 11.7 Å². The second-order valence-corrected chi connectivity index (χ2v) is 7.70. The van der Waals surface area contributed by atoms with Crippen molar-refractivity contribution in [3.05, 3.63) is 29.8 Å². The maximum Gasteiger partial charge on any atom is 0.181 e. The summed E-state index contributed by atoms with van der Waals surface area (Å²) in [4.78, 5) is 0.456. The molecule has 0 amide bonds. The van der Waals surface area contributed by atoms with Crippen LogP contribution in [0.15, 0.2) is 29.2 Å². The molecule has 106 valence electrons. The van der Waals surface area contributed by atoms with Crippen molar-refractivity contribution < 1.29 is 8.42 Å². The van der Waals surface area contributed by atoms with Crippen LogP contribution in [0.4, 0.5) is 0 Å². The Morgan fingerprint density at radius 3 is 2.63 bits per heavy atom. The summed E-state index contributed by atoms with van der Waals surface area (Å²) in [5.74, 6) is 0.105. The molecule has 2 unspecified atom stereocenters. The first kappa shape index (κ1) is 14.5. The Hall–Kier alpha value is -0.870. The van der Waals surface area contributed by atoms with Gasteiger partial charge in [-0.1, -0.05) is 31.4 Å². The maximum atomic E-state index is 12.8. The second kappa shape index (κ2) is 6.06. The molecule has 4 heteroatoms. The zero-order valence-electron chi connectivity index (χ0n) is 11.5. The van der Waals surface area contributed by atoms with Gasteiger partial charge in [0.25, 0.3) is 0 Å². The fraction of sp³-hybridized carbons (Fsp3) is 0.600. The van der Waals surface area contributed by atoms with Gasteiger partial charge >= 0.3 is 0 Å². The van der Waals surface area contributed by atoms with E-state index in [1.807, 2.05) is 19.1 Å². The highest BCUT2D eigenvalue weighted by Gasteiger charge is 2.34. The van der Waals surface area contributed by atoms with Gasteiger partial charge in [-0.2, -0.15) is 0 Å². The first-order valence-corrected chi connectivity index (χ1v) is 8.61. The van der Waals surface area contributed by atoms with Gasteiger partial charge in [0.05, 0.1) is 10.1 Å². The smallest absolute Gasteiger partial charge is 0.181 e. The molecule has 1 saturated carbocycles. The molecule has 0 heterocycles. The van der Waals surface area contributed by atoms with Gasteiger partial charge in [0.1, 0.15) is 0 Å². The quantitative estimate of drug-likeness (QED) is 0.867. The van der Waals surface area contributed by atoms with Crippen LogP contribution in [-0.4, -0.2) is 20.2 Å². The van der Waals surface area contributed by atoms with Crippen molar-refractivity contribution in [2.75, 3.05) is 6.54 Å². The van der Waals surface area contributed by atoms with Crippen LogP contribution in [0.25, 0.3) is 0 Å². The van der Waals surface area contributed by atoms with E-state index in [4.69, 9.17) is 5.73 Å². The molecule has 3 nitrogen and oxygen atoms in total. The van der Waals surface area contributed by atoms with Gasteiger partial charge in [0.2, 0.25) is 0 Å². The van der Waals surface area contributed by atoms with Gasteiger partial charge in [-0.15, -0.1) is 0 Å². The molecule has 1 aliphatic carbocycles. The van der Waals surface area contributed by atoms with E-state index >= 15 is 0 Å². The first-order valence-electron chi connectivity index (χ1n) is 7.06. The summed E-state index contributed by atoms with van der Waals surface area (Å²) < 4.78 is 25.6. The zero-order valence-corrected chi connectivity index (χ0v) is 12.3. The van der Waals surface area contributed by atoms with Crippen molar-refractivity contribution in [3.8, 4) is 0 Å². The number of hydrogen-bond acceptors (Lipinski definition) is 3. The predicted molar refractivity (Wildman–Crippen MR) is 77.8 cm³/mol. The highest BCUT2D eigenvalue weighted by Crippen LogP contribution is 2.31. The van der Waals surface area contributed by atoms with Crippen molar-refractivity contribution in [1.82, 2.24) is 0 Å². The van der Waals surface area contributed by atoms with Crippen LogP contribution in [0.3, 0.4) is 0 Å². The molecule has 2 atom stereocenters. The Labute approximate surface area is 116 Å². The third kappa shape index (κ3) is 3.18. The molecule has 1 aliphatic rings. The van der Waals surface area contributed by atoms with Gasteiger partial charge in [-0.25, -0.2) is 8.42 Å². The molecule has 0 saturated heterocycles. The molecule has 2 N–H and O–H groups in total. The minimum absolute atomic E-state index is 0.105. The fourth-order valence-corrected chi connectivity index (χ4v) is 5.19. The Kier molecular flexibility index (Phi) is 4.63. The Bertz CT molecular complexity index is 525. The lowest BCUT2D eigenvalue weighted by Gasteiger charge is -2.24. The molecule has 0 spiro atoms. The number of aryl methyl sites for hydroxylation is 1. The molecule has 0 aromatic heterocycles. The van der Waals surface area contributed by atoms with E-state index in [9.17, 15) is 8.42 Å². The summed E-state index contributed by atoms with van der Waals surface area (Å²) in [6.07, 6.45) is 4.90. The van der Waals surface area contributed by atoms with Gasteiger partial charge in [-0.05, 0) is 49.9 Å². The summed E-state index contributed by atoms with van der Waals surface area (Å²) in [6.45, 7) is 2.39. The van der Waals surface area contributed by atoms with Crippen LogP contribution >= 0.6 is 0 Å². The van der Waals surface area contributed by atoms with E-state index in [2.05, 4.69) is 0 Å². The first-order chi connectivity index (χ1) is 9.05. The maximum absolute atomic E-state index is 12.8. The lowest BCUT2D eigenvalue weighted by Crippen LogP contribution is -2.34. The summed E-state index contributed by atoms with van der Waals surface area (Å²) in [6, 6.07) is 7.22. The van der Waals surface area contributed by atoms with Crippen LogP contribution in [-0.2, 0) is 9.84 Å². The minimum atomic E-state index is -3.25. The Morgan fingerprint density at radius 2 is 1.95 bits per heavy atom. The highest BCUT2D eigenvalue weighted by molar-refractivity contribution is 7.92. The van der Waals surface area contributed by atoms with E-state index in [0.29, 0.717) is 11.4 Å². The summed E-state index contributed by atoms with van der Waals surface area (Å²) in [5, 5.41) is -0.304. The molecule has 19 heavy (non-hydrogen) atoms. The average molecular weight is 281 g/mol. The summed E-state index contributed by atoms with van der Waals surface area (Å²) >= 11 is 0. The van der Waals surface area contributed by atoms with Gasteiger partial charge in [0, 0.05) is 0 Å². The molecule has 2 rings (SSSR count). The van der Waals surface area contributed by atoms with Crippen molar-refractivity contribution in [2.45, 2.75) is 49.2 Å². The van der Waals surface area contributed by atoms with Crippen molar-refractivity contribution in [1.29, 1.82) is 0 Å². The predicted octanol–water partition coefficient (Wildman–Crippen LogP) is 2.68. The van der Waals surface area contributed by atoms with Gasteiger partial charge in [-0.3, -0.25) is 0 Å². The molecule has 1 fully saturated rings. The third-order valence-corrected chi connectivity index (χ3v) is 6.44. The molecular formula is C15H23NO2S. The molecule has 1 aromatic rings. The number of nitrogens with two attached hydrogens (primary N) is 1. The van der Waals surface area contributed by atoms with E-state index in [0.717, 1.165) is 37.7 Å². The van der Waals surface area contributed by atoms with Crippen molar-refractivity contribution >= 4 is 9.84 Å². The second-order valence-electron chi connectivity index (χ2n) is 5.53. The normalized spacial score (nSPS) is 24.9. The SMILES string of the molecule is Cc1cccc(S(=O)(=O)C2CCCCCC2CN)c1. The third-order valence-electron chi connectivity index (χ3n) is 4.11. The molecule has 0 bridgehead atoms. The standard InChI is InChI=1S/C15H23NO2S/c1-12-6-5-8-14(10-12)19(17,18)15-9-4-2-3-7-13(15)11-16/h5-6,8,10,13,15H,2-4,7,9,11,16H2,1H3. The lowest BCUT2D eigenvalue weighted by atomic mass is 10.0. The number of rotatable bonds is 3. The topological polar surface area (TPSA) is 60.2 Å². The number of benzene rings is 1. The highest BCUT2D eigenvalue weighted by atomic mass is 32.2. The van der Waals surface area contributed by atoms with Crippen LogP contribution in [0.1, 0.15) is 37.7 Å². The molecular weight excluding hydrogens is 258 g/mol. The summed E-state index contributed by atoms with van der Waals surface area (Å²) in [5.41, 5.74) is 6.79. The fourth-order valence-electron chi connectivity index (χ4n) is 3.00.